The molecule has 1 fully saturated rings. The van der Waals surface area contributed by atoms with E-state index >= 15 is 0 Å². The smallest absolute Gasteiger partial charge is 0.416 e. The molecule has 3 rings (SSSR count). The van der Waals surface area contributed by atoms with Crippen LogP contribution < -0.4 is 5.32 Å². The maximum absolute atomic E-state index is 13.0. The second kappa shape index (κ2) is 10.8. The van der Waals surface area contributed by atoms with Crippen LogP contribution in [-0.2, 0) is 27.0 Å². The van der Waals surface area contributed by atoms with Crippen LogP contribution in [0.15, 0.2) is 30.5 Å². The Morgan fingerprint density at radius 1 is 1.14 bits per heavy atom. The molecule has 1 aromatic heterocycles. The number of carbonyl (C=O) groups excluding carboxylic acids is 3. The van der Waals surface area contributed by atoms with Crippen molar-refractivity contribution in [2.45, 2.75) is 65.4 Å². The summed E-state index contributed by atoms with van der Waals surface area (Å²) in [6.07, 6.45) is -3.18. The third kappa shape index (κ3) is 7.01. The lowest BCUT2D eigenvalue weighted by Gasteiger charge is -2.28. The minimum Gasteiger partial charge on any atom is -0.461 e. The summed E-state index contributed by atoms with van der Waals surface area (Å²) in [7, 11) is 0. The molecule has 202 valence electrons. The van der Waals surface area contributed by atoms with Crippen molar-refractivity contribution < 1.29 is 37.0 Å². The number of halogens is 3. The second-order valence-corrected chi connectivity index (χ2v) is 9.92. The molecule has 2 atom stereocenters. The monoisotopic (exact) mass is 524 g/mol. The summed E-state index contributed by atoms with van der Waals surface area (Å²) in [5, 5.41) is 6.93. The highest BCUT2D eigenvalue weighted by Gasteiger charge is 2.40. The molecule has 2 heterocycles. The number of aromatic nitrogens is 2. The fourth-order valence-corrected chi connectivity index (χ4v) is 3.96. The highest BCUT2D eigenvalue weighted by molar-refractivity contribution is 5.90. The Labute approximate surface area is 212 Å². The highest BCUT2D eigenvalue weighted by Crippen LogP contribution is 2.30. The average molecular weight is 525 g/mol. The third-order valence-electron chi connectivity index (χ3n) is 5.61. The van der Waals surface area contributed by atoms with Gasteiger partial charge in [-0.1, -0.05) is 6.92 Å². The molecule has 1 saturated heterocycles. The third-order valence-corrected chi connectivity index (χ3v) is 5.61. The molecular formula is C25H31F3N4O5. The number of nitrogens with one attached hydrogen (secondary N) is 1. The molecule has 9 nitrogen and oxygen atoms in total. The number of ether oxygens (including phenoxy) is 2. The van der Waals surface area contributed by atoms with Gasteiger partial charge in [-0.25, -0.2) is 14.3 Å². The maximum atomic E-state index is 13.0. The van der Waals surface area contributed by atoms with Gasteiger partial charge in [-0.3, -0.25) is 9.69 Å². The van der Waals surface area contributed by atoms with Gasteiger partial charge in [-0.05, 0) is 64.3 Å². The number of rotatable bonds is 6. The fraction of sp³-hybridized carbons (Fsp3) is 0.520. The summed E-state index contributed by atoms with van der Waals surface area (Å²) in [6, 6.07) is 3.53. The van der Waals surface area contributed by atoms with E-state index in [0.29, 0.717) is 18.5 Å². The number of alkyl halides is 3. The van der Waals surface area contributed by atoms with Gasteiger partial charge < -0.3 is 14.8 Å². The van der Waals surface area contributed by atoms with Crippen molar-refractivity contribution >= 4 is 18.0 Å². The molecule has 0 bridgehead atoms. The first-order chi connectivity index (χ1) is 17.2. The van der Waals surface area contributed by atoms with Crippen molar-refractivity contribution in [3.8, 4) is 5.69 Å². The summed E-state index contributed by atoms with van der Waals surface area (Å²) in [5.41, 5.74) is -1.02. The molecule has 1 aromatic carbocycles. The van der Waals surface area contributed by atoms with Gasteiger partial charge in [0.05, 0.1) is 17.9 Å². The number of hydrogen-bond acceptors (Lipinski definition) is 6. The van der Waals surface area contributed by atoms with Gasteiger partial charge in [0.25, 0.3) is 0 Å². The van der Waals surface area contributed by atoms with Crippen molar-refractivity contribution in [3.63, 3.8) is 0 Å². The van der Waals surface area contributed by atoms with Gasteiger partial charge in [-0.2, -0.15) is 18.3 Å². The summed E-state index contributed by atoms with van der Waals surface area (Å²) < 4.78 is 50.5. The lowest BCUT2D eigenvalue weighted by Crippen LogP contribution is -2.47. The number of hydrogen-bond donors (Lipinski definition) is 1. The predicted molar refractivity (Wildman–Crippen MR) is 127 cm³/mol. The fourth-order valence-electron chi connectivity index (χ4n) is 3.96. The van der Waals surface area contributed by atoms with E-state index in [1.54, 1.807) is 27.7 Å². The molecule has 2 amide bonds. The van der Waals surface area contributed by atoms with Gasteiger partial charge in [0.15, 0.2) is 5.69 Å². The minimum atomic E-state index is -4.49. The molecule has 2 aromatic rings. The Balaban J connectivity index is 1.80. The van der Waals surface area contributed by atoms with Crippen molar-refractivity contribution in [2.75, 3.05) is 13.2 Å². The lowest BCUT2D eigenvalue weighted by molar-refractivity contribution is -0.137. The summed E-state index contributed by atoms with van der Waals surface area (Å²) >= 11 is 0. The van der Waals surface area contributed by atoms with Crippen molar-refractivity contribution in [3.05, 3.63) is 47.3 Å². The minimum absolute atomic E-state index is 0.0779. The van der Waals surface area contributed by atoms with Crippen LogP contribution in [0.1, 0.15) is 62.7 Å². The van der Waals surface area contributed by atoms with E-state index in [1.165, 1.54) is 27.9 Å². The molecule has 2 unspecified atom stereocenters. The number of nitrogens with zero attached hydrogens (tertiary/aromatic N) is 3. The van der Waals surface area contributed by atoms with Crippen molar-refractivity contribution in [1.82, 2.24) is 20.0 Å². The summed E-state index contributed by atoms with van der Waals surface area (Å²) in [5.74, 6) is -1.07. The number of amides is 2. The molecular weight excluding hydrogens is 493 g/mol. The molecule has 1 aliphatic heterocycles. The number of benzene rings is 1. The maximum Gasteiger partial charge on any atom is 0.416 e. The summed E-state index contributed by atoms with van der Waals surface area (Å²) in [4.78, 5) is 39.6. The molecule has 1 N–H and O–H groups in total. The van der Waals surface area contributed by atoms with E-state index in [1.807, 2.05) is 6.92 Å². The van der Waals surface area contributed by atoms with Crippen LogP contribution in [-0.4, -0.2) is 57.4 Å². The van der Waals surface area contributed by atoms with Gasteiger partial charge in [0, 0.05) is 24.8 Å². The Morgan fingerprint density at radius 3 is 2.35 bits per heavy atom. The van der Waals surface area contributed by atoms with Crippen LogP contribution in [0.4, 0.5) is 18.0 Å². The Morgan fingerprint density at radius 2 is 1.78 bits per heavy atom. The molecule has 0 saturated carbocycles. The van der Waals surface area contributed by atoms with E-state index in [4.69, 9.17) is 9.47 Å². The van der Waals surface area contributed by atoms with E-state index in [9.17, 15) is 27.6 Å². The quantitative estimate of drug-likeness (QED) is 0.565. The van der Waals surface area contributed by atoms with Gasteiger partial charge in [0.2, 0.25) is 5.91 Å². The molecule has 37 heavy (non-hydrogen) atoms. The van der Waals surface area contributed by atoms with Crippen LogP contribution in [0.2, 0.25) is 0 Å². The van der Waals surface area contributed by atoms with E-state index in [0.717, 1.165) is 12.1 Å². The number of likely N-dealkylation sites (tertiary alicyclic amines) is 1. The highest BCUT2D eigenvalue weighted by atomic mass is 19.4. The van der Waals surface area contributed by atoms with E-state index < -0.39 is 41.4 Å². The Bertz CT molecular complexity index is 1140. The van der Waals surface area contributed by atoms with Crippen LogP contribution in [0.5, 0.6) is 0 Å². The van der Waals surface area contributed by atoms with Crippen molar-refractivity contribution in [2.24, 2.45) is 5.92 Å². The molecule has 0 radical (unpaired) electrons. The number of esters is 1. The zero-order valence-electron chi connectivity index (χ0n) is 21.4. The largest absolute Gasteiger partial charge is 0.461 e. The zero-order chi connectivity index (χ0) is 27.5. The van der Waals surface area contributed by atoms with Gasteiger partial charge >= 0.3 is 18.2 Å². The number of carbonyl (C=O) groups is 3. The standard InChI is InChI=1S/C25H31F3N4O5/c1-6-36-22(34)20-16(14-32(30-20)18-9-7-17(8-10-18)25(26,27)28)12-29-21(33)19-11-15(2)13-31(19)23(35)37-24(3,4)5/h7-10,14-15,19H,6,11-13H2,1-5H3,(H,29,33). The first kappa shape index (κ1) is 28.0. The van der Waals surface area contributed by atoms with Crippen LogP contribution in [0.3, 0.4) is 0 Å². The first-order valence-corrected chi connectivity index (χ1v) is 11.9. The van der Waals surface area contributed by atoms with Gasteiger partial charge in [-0.15, -0.1) is 0 Å². The molecule has 1 aliphatic rings. The van der Waals surface area contributed by atoms with Crippen LogP contribution in [0, 0.1) is 5.92 Å². The SMILES string of the molecule is CCOC(=O)c1nn(-c2ccc(C(F)(F)F)cc2)cc1CNC(=O)C1CC(C)CN1C(=O)OC(C)(C)C. The van der Waals surface area contributed by atoms with E-state index in [2.05, 4.69) is 10.4 Å². The van der Waals surface area contributed by atoms with Gasteiger partial charge in [0.1, 0.15) is 11.6 Å². The van der Waals surface area contributed by atoms with Crippen LogP contribution in [0.25, 0.3) is 5.69 Å². The first-order valence-electron chi connectivity index (χ1n) is 11.9. The molecule has 12 heteroatoms. The second-order valence-electron chi connectivity index (χ2n) is 9.92. The van der Waals surface area contributed by atoms with Crippen LogP contribution >= 0.6 is 0 Å². The molecule has 0 spiro atoms. The Hall–Kier alpha value is -3.57. The molecule has 0 aliphatic carbocycles. The lowest BCUT2D eigenvalue weighted by atomic mass is 10.1. The zero-order valence-corrected chi connectivity index (χ0v) is 21.4. The summed E-state index contributed by atoms with van der Waals surface area (Å²) in [6.45, 7) is 9.12. The predicted octanol–water partition coefficient (Wildman–Crippen LogP) is 4.33. The topological polar surface area (TPSA) is 103 Å². The van der Waals surface area contributed by atoms with E-state index in [-0.39, 0.29) is 30.5 Å². The normalized spacial score (nSPS) is 18.0. The average Bonchev–Trinajstić information content (AvgIpc) is 3.40. The van der Waals surface area contributed by atoms with Crippen molar-refractivity contribution in [1.29, 1.82) is 0 Å². The Kier molecular flexibility index (Phi) is 8.19.